The maximum absolute atomic E-state index is 13.3. The molecular formula is C23H28N2O2. The second-order valence-electron chi connectivity index (χ2n) is 8.33. The molecule has 0 aliphatic carbocycles. The van der Waals surface area contributed by atoms with Crippen LogP contribution in [0.1, 0.15) is 56.6 Å². The first-order valence-electron chi connectivity index (χ1n) is 9.48. The molecule has 2 amide bonds. The number of amides is 2. The average Bonchev–Trinajstić information content (AvgIpc) is 2.93. The van der Waals surface area contributed by atoms with Crippen LogP contribution in [0.5, 0.6) is 0 Å². The molecule has 1 fully saturated rings. The van der Waals surface area contributed by atoms with E-state index < -0.39 is 6.04 Å². The first-order valence-corrected chi connectivity index (χ1v) is 9.48. The van der Waals surface area contributed by atoms with Gasteiger partial charge in [0.1, 0.15) is 12.2 Å². The van der Waals surface area contributed by atoms with Gasteiger partial charge >= 0.3 is 0 Å². The molecule has 2 aromatic carbocycles. The third kappa shape index (κ3) is 3.48. The van der Waals surface area contributed by atoms with Crippen LogP contribution in [0, 0.1) is 5.41 Å². The normalized spacial score (nSPS) is 21.4. The molecule has 0 N–H and O–H groups in total. The van der Waals surface area contributed by atoms with Gasteiger partial charge in [0, 0.05) is 11.0 Å². The van der Waals surface area contributed by atoms with E-state index in [0.717, 1.165) is 5.56 Å². The number of benzene rings is 2. The first-order chi connectivity index (χ1) is 12.7. The van der Waals surface area contributed by atoms with Gasteiger partial charge in [-0.25, -0.2) is 0 Å². The zero-order valence-electron chi connectivity index (χ0n) is 16.7. The summed E-state index contributed by atoms with van der Waals surface area (Å²) in [6.45, 7) is 10.1. The lowest BCUT2D eigenvalue weighted by atomic mass is 9.89. The second kappa shape index (κ2) is 7.18. The quantitative estimate of drug-likeness (QED) is 0.805. The van der Waals surface area contributed by atoms with Crippen molar-refractivity contribution in [3.63, 3.8) is 0 Å². The Morgan fingerprint density at radius 3 is 2.00 bits per heavy atom. The molecule has 3 rings (SSSR count). The Labute approximate surface area is 161 Å². The zero-order chi connectivity index (χ0) is 19.8. The molecular weight excluding hydrogens is 336 g/mol. The summed E-state index contributed by atoms with van der Waals surface area (Å²) in [5, 5.41) is 0. The summed E-state index contributed by atoms with van der Waals surface area (Å²) in [5.74, 6) is -0.102. The molecule has 2 aromatic rings. The second-order valence-corrected chi connectivity index (χ2v) is 8.33. The third-order valence-electron chi connectivity index (χ3n) is 5.29. The Kier molecular flexibility index (Phi) is 5.09. The van der Waals surface area contributed by atoms with Crippen LogP contribution in [0.2, 0.25) is 0 Å². The van der Waals surface area contributed by atoms with Crippen molar-refractivity contribution in [2.75, 3.05) is 0 Å². The smallest absolute Gasteiger partial charge is 0.256 e. The largest absolute Gasteiger partial charge is 0.313 e. The lowest BCUT2D eigenvalue weighted by molar-refractivity contribution is -0.133. The van der Waals surface area contributed by atoms with E-state index in [-0.39, 0.29) is 29.4 Å². The fraction of sp³-hybridized carbons (Fsp3) is 0.391. The van der Waals surface area contributed by atoms with Gasteiger partial charge in [0.15, 0.2) is 0 Å². The molecule has 0 bridgehead atoms. The molecule has 142 valence electrons. The maximum Gasteiger partial charge on any atom is 0.256 e. The minimum atomic E-state index is -0.493. The summed E-state index contributed by atoms with van der Waals surface area (Å²) in [4.78, 5) is 30.2. The standard InChI is InChI=1S/C23H28N2O2/c1-16(18-12-8-6-9-13-18)24-20(26)17(2)25(22(24)23(3,4)5)21(27)19-14-10-7-11-15-19/h6-17,22H,1-5H3/t16-,17-,22+/m1/s1. The molecule has 1 aliphatic heterocycles. The highest BCUT2D eigenvalue weighted by atomic mass is 16.2. The molecule has 0 saturated carbocycles. The van der Waals surface area contributed by atoms with Crippen LogP contribution < -0.4 is 0 Å². The van der Waals surface area contributed by atoms with Gasteiger partial charge in [0.2, 0.25) is 5.91 Å². The predicted octanol–water partition coefficient (Wildman–Crippen LogP) is 4.49. The molecule has 27 heavy (non-hydrogen) atoms. The van der Waals surface area contributed by atoms with Crippen LogP contribution in [-0.4, -0.2) is 33.8 Å². The summed E-state index contributed by atoms with van der Waals surface area (Å²) in [5.41, 5.74) is 1.40. The first kappa shape index (κ1) is 19.2. The van der Waals surface area contributed by atoms with E-state index in [4.69, 9.17) is 0 Å². The topological polar surface area (TPSA) is 40.6 Å². The van der Waals surface area contributed by atoms with Crippen LogP contribution in [0.25, 0.3) is 0 Å². The average molecular weight is 364 g/mol. The third-order valence-corrected chi connectivity index (χ3v) is 5.29. The van der Waals surface area contributed by atoms with E-state index in [1.165, 1.54) is 0 Å². The molecule has 4 nitrogen and oxygen atoms in total. The van der Waals surface area contributed by atoms with Crippen molar-refractivity contribution in [2.24, 2.45) is 5.41 Å². The maximum atomic E-state index is 13.3. The summed E-state index contributed by atoms with van der Waals surface area (Å²) in [6.07, 6.45) is -0.317. The Bertz CT molecular complexity index is 811. The van der Waals surface area contributed by atoms with Crippen LogP contribution in [0.3, 0.4) is 0 Å². The lowest BCUT2D eigenvalue weighted by Crippen LogP contribution is -2.51. The minimum absolute atomic E-state index is 0.00411. The Morgan fingerprint density at radius 1 is 0.963 bits per heavy atom. The van der Waals surface area contributed by atoms with Gasteiger partial charge in [0.05, 0.1) is 6.04 Å². The van der Waals surface area contributed by atoms with Crippen LogP contribution >= 0.6 is 0 Å². The van der Waals surface area contributed by atoms with Crippen molar-refractivity contribution in [2.45, 2.75) is 52.9 Å². The lowest BCUT2D eigenvalue weighted by Gasteiger charge is -2.42. The van der Waals surface area contributed by atoms with Gasteiger partial charge in [-0.1, -0.05) is 69.3 Å². The minimum Gasteiger partial charge on any atom is -0.313 e. The highest BCUT2D eigenvalue weighted by Gasteiger charge is 2.52. The van der Waals surface area contributed by atoms with Gasteiger partial charge in [-0.3, -0.25) is 9.59 Å². The highest BCUT2D eigenvalue weighted by molar-refractivity contribution is 5.99. The number of nitrogens with zero attached hydrogens (tertiary/aromatic N) is 2. The van der Waals surface area contributed by atoms with Gasteiger partial charge < -0.3 is 9.80 Å². The number of rotatable bonds is 3. The van der Waals surface area contributed by atoms with E-state index in [0.29, 0.717) is 5.56 Å². The van der Waals surface area contributed by atoms with Crippen molar-refractivity contribution < 1.29 is 9.59 Å². The van der Waals surface area contributed by atoms with E-state index >= 15 is 0 Å². The van der Waals surface area contributed by atoms with Crippen molar-refractivity contribution in [1.82, 2.24) is 9.80 Å². The fourth-order valence-corrected chi connectivity index (χ4v) is 3.95. The van der Waals surface area contributed by atoms with Crippen LogP contribution in [0.15, 0.2) is 60.7 Å². The molecule has 0 aromatic heterocycles. The van der Waals surface area contributed by atoms with Gasteiger partial charge in [-0.05, 0) is 31.5 Å². The molecule has 0 radical (unpaired) electrons. The van der Waals surface area contributed by atoms with E-state index in [9.17, 15) is 9.59 Å². The SMILES string of the molecule is C[C@@H]1C(=O)N([C@H](C)c2ccccc2)[C@H](C(C)(C)C)N1C(=O)c1ccccc1. The van der Waals surface area contributed by atoms with Crippen LogP contribution in [-0.2, 0) is 4.79 Å². The van der Waals surface area contributed by atoms with Crippen LogP contribution in [0.4, 0.5) is 0 Å². The van der Waals surface area contributed by atoms with Crippen molar-refractivity contribution in [3.8, 4) is 0 Å². The summed E-state index contributed by atoms with van der Waals surface area (Å²) in [6, 6.07) is 18.6. The number of hydrogen-bond acceptors (Lipinski definition) is 2. The van der Waals surface area contributed by atoms with Crippen molar-refractivity contribution in [1.29, 1.82) is 0 Å². The van der Waals surface area contributed by atoms with Gasteiger partial charge in [0.25, 0.3) is 5.91 Å². The summed E-state index contributed by atoms with van der Waals surface area (Å²) in [7, 11) is 0. The van der Waals surface area contributed by atoms with Gasteiger partial charge in [-0.2, -0.15) is 0 Å². The van der Waals surface area contributed by atoms with Crippen molar-refractivity contribution >= 4 is 11.8 Å². The molecule has 1 aliphatic rings. The Balaban J connectivity index is 2.04. The molecule has 0 unspecified atom stereocenters. The fourth-order valence-electron chi connectivity index (χ4n) is 3.95. The monoisotopic (exact) mass is 364 g/mol. The van der Waals surface area contributed by atoms with Gasteiger partial charge in [-0.15, -0.1) is 0 Å². The number of hydrogen-bond donors (Lipinski definition) is 0. The molecule has 1 saturated heterocycles. The van der Waals surface area contributed by atoms with E-state index in [2.05, 4.69) is 20.8 Å². The molecule has 4 heteroatoms. The summed E-state index contributed by atoms with van der Waals surface area (Å²) >= 11 is 0. The zero-order valence-corrected chi connectivity index (χ0v) is 16.7. The highest BCUT2D eigenvalue weighted by Crippen LogP contribution is 2.40. The summed E-state index contributed by atoms with van der Waals surface area (Å²) < 4.78 is 0. The Morgan fingerprint density at radius 2 is 1.48 bits per heavy atom. The molecule has 1 heterocycles. The number of carbonyl (C=O) groups excluding carboxylic acids is 2. The molecule has 0 spiro atoms. The predicted molar refractivity (Wildman–Crippen MR) is 107 cm³/mol. The Hall–Kier alpha value is -2.62. The number of carbonyl (C=O) groups is 2. The molecule has 3 atom stereocenters. The van der Waals surface area contributed by atoms with Crippen molar-refractivity contribution in [3.05, 3.63) is 71.8 Å². The van der Waals surface area contributed by atoms with E-state index in [1.807, 2.05) is 79.4 Å². The van der Waals surface area contributed by atoms with E-state index in [1.54, 1.807) is 4.90 Å².